The van der Waals surface area contributed by atoms with Gasteiger partial charge >= 0.3 is 6.18 Å². The van der Waals surface area contributed by atoms with Crippen molar-refractivity contribution in [3.8, 4) is 0 Å². The van der Waals surface area contributed by atoms with E-state index in [-0.39, 0.29) is 12.5 Å². The minimum absolute atomic E-state index is 0.244. The van der Waals surface area contributed by atoms with Crippen molar-refractivity contribution in [2.24, 2.45) is 5.73 Å². The molecule has 6 heteroatoms. The number of primary amides is 1. The Bertz CT molecular complexity index is 406. The predicted molar refractivity (Wildman–Crippen MR) is 66.3 cm³/mol. The quantitative estimate of drug-likeness (QED) is 0.837. The molecule has 3 N–H and O–H groups in total. The fourth-order valence-corrected chi connectivity index (χ4v) is 1.76. The van der Waals surface area contributed by atoms with Gasteiger partial charge in [-0.25, -0.2) is 0 Å². The second-order valence-electron chi connectivity index (χ2n) is 4.41. The van der Waals surface area contributed by atoms with E-state index in [9.17, 15) is 18.0 Å². The van der Waals surface area contributed by atoms with Gasteiger partial charge in [0, 0.05) is 12.5 Å². The Morgan fingerprint density at radius 1 is 1.32 bits per heavy atom. The van der Waals surface area contributed by atoms with Gasteiger partial charge in [0.1, 0.15) is 0 Å². The van der Waals surface area contributed by atoms with E-state index in [2.05, 4.69) is 5.32 Å². The van der Waals surface area contributed by atoms with Crippen LogP contribution < -0.4 is 11.1 Å². The maximum Gasteiger partial charge on any atom is 0.389 e. The molecular formula is C13H17F3N2O. The van der Waals surface area contributed by atoms with Gasteiger partial charge in [-0.05, 0) is 18.9 Å². The summed E-state index contributed by atoms with van der Waals surface area (Å²) in [4.78, 5) is 11.2. The van der Waals surface area contributed by atoms with Crippen LogP contribution in [0.1, 0.15) is 31.4 Å². The van der Waals surface area contributed by atoms with Crippen molar-refractivity contribution < 1.29 is 18.0 Å². The standard InChI is InChI=1S/C13H17F3N2O/c1-9(10-5-3-2-4-6-10)18-11(12(17)19)7-8-13(14,15)16/h2-6,9,11,18H,7-8H2,1H3,(H2,17,19)/t9-,11+/m1/s1. The maximum atomic E-state index is 12.2. The van der Waals surface area contributed by atoms with Gasteiger partial charge < -0.3 is 5.73 Å². The summed E-state index contributed by atoms with van der Waals surface area (Å²) in [5.41, 5.74) is 6.01. The molecule has 0 saturated heterocycles. The van der Waals surface area contributed by atoms with Crippen LogP contribution >= 0.6 is 0 Å². The van der Waals surface area contributed by atoms with Gasteiger partial charge in [0.2, 0.25) is 5.91 Å². The third kappa shape index (κ3) is 5.74. The number of nitrogens with two attached hydrogens (primary N) is 1. The Kier molecular flexibility index (Phi) is 5.35. The first kappa shape index (κ1) is 15.5. The van der Waals surface area contributed by atoms with Crippen LogP contribution in [-0.4, -0.2) is 18.1 Å². The van der Waals surface area contributed by atoms with Crippen molar-refractivity contribution in [2.45, 2.75) is 38.0 Å². The number of carbonyl (C=O) groups excluding carboxylic acids is 1. The van der Waals surface area contributed by atoms with Crippen molar-refractivity contribution in [2.75, 3.05) is 0 Å². The van der Waals surface area contributed by atoms with Crippen LogP contribution in [-0.2, 0) is 4.79 Å². The zero-order valence-electron chi connectivity index (χ0n) is 10.6. The molecule has 19 heavy (non-hydrogen) atoms. The first-order valence-corrected chi connectivity index (χ1v) is 5.96. The molecule has 0 bridgehead atoms. The Labute approximate surface area is 110 Å². The Morgan fingerprint density at radius 3 is 2.37 bits per heavy atom. The minimum Gasteiger partial charge on any atom is -0.368 e. The van der Waals surface area contributed by atoms with Crippen LogP contribution in [0, 0.1) is 0 Å². The number of benzene rings is 1. The third-order valence-electron chi connectivity index (χ3n) is 2.81. The van der Waals surface area contributed by atoms with E-state index in [4.69, 9.17) is 5.73 Å². The fourth-order valence-electron chi connectivity index (χ4n) is 1.76. The molecule has 1 amide bonds. The molecule has 0 aliphatic carbocycles. The lowest BCUT2D eigenvalue weighted by molar-refractivity contribution is -0.138. The number of alkyl halides is 3. The van der Waals surface area contributed by atoms with E-state index in [1.54, 1.807) is 6.92 Å². The molecule has 1 rings (SSSR count). The second kappa shape index (κ2) is 6.56. The van der Waals surface area contributed by atoms with Crippen LogP contribution in [0.4, 0.5) is 13.2 Å². The highest BCUT2D eigenvalue weighted by molar-refractivity contribution is 5.79. The van der Waals surface area contributed by atoms with Gasteiger partial charge in [0.05, 0.1) is 6.04 Å². The van der Waals surface area contributed by atoms with Crippen LogP contribution in [0.3, 0.4) is 0 Å². The van der Waals surface area contributed by atoms with Crippen molar-refractivity contribution in [1.82, 2.24) is 5.32 Å². The van der Waals surface area contributed by atoms with Crippen molar-refractivity contribution in [3.05, 3.63) is 35.9 Å². The highest BCUT2D eigenvalue weighted by Crippen LogP contribution is 2.23. The molecule has 1 aromatic rings. The van der Waals surface area contributed by atoms with Crippen LogP contribution in [0.15, 0.2) is 30.3 Å². The van der Waals surface area contributed by atoms with Gasteiger partial charge in [-0.2, -0.15) is 13.2 Å². The van der Waals surface area contributed by atoms with Gasteiger partial charge in [0.15, 0.2) is 0 Å². The molecule has 0 fully saturated rings. The molecule has 2 atom stereocenters. The molecule has 0 radical (unpaired) electrons. The summed E-state index contributed by atoms with van der Waals surface area (Å²) in [6.45, 7) is 1.78. The summed E-state index contributed by atoms with van der Waals surface area (Å²) in [5, 5.41) is 2.83. The summed E-state index contributed by atoms with van der Waals surface area (Å²) in [7, 11) is 0. The first-order valence-electron chi connectivity index (χ1n) is 5.96. The molecular weight excluding hydrogens is 257 g/mol. The lowest BCUT2D eigenvalue weighted by Gasteiger charge is -2.21. The summed E-state index contributed by atoms with van der Waals surface area (Å²) < 4.78 is 36.5. The molecule has 1 aromatic carbocycles. The van der Waals surface area contributed by atoms with Crippen molar-refractivity contribution in [3.63, 3.8) is 0 Å². The molecule has 0 aromatic heterocycles. The molecule has 0 aliphatic heterocycles. The van der Waals surface area contributed by atoms with E-state index in [0.717, 1.165) is 5.56 Å². The third-order valence-corrected chi connectivity index (χ3v) is 2.81. The smallest absolute Gasteiger partial charge is 0.368 e. The summed E-state index contributed by atoms with van der Waals surface area (Å²) in [6, 6.07) is 7.92. The molecule has 0 aliphatic rings. The number of carbonyl (C=O) groups is 1. The summed E-state index contributed by atoms with van der Waals surface area (Å²) in [5.74, 6) is -0.771. The Morgan fingerprint density at radius 2 is 1.89 bits per heavy atom. The number of hydrogen-bond donors (Lipinski definition) is 2. The number of hydrogen-bond acceptors (Lipinski definition) is 2. The first-order chi connectivity index (χ1) is 8.79. The number of amides is 1. The predicted octanol–water partition coefficient (Wildman–Crippen LogP) is 2.53. The lowest BCUT2D eigenvalue weighted by atomic mass is 10.1. The van der Waals surface area contributed by atoms with Crippen LogP contribution in [0.25, 0.3) is 0 Å². The maximum absolute atomic E-state index is 12.2. The average Bonchev–Trinajstić information content (AvgIpc) is 2.33. The molecule has 0 spiro atoms. The molecule has 0 heterocycles. The monoisotopic (exact) mass is 274 g/mol. The number of halogens is 3. The van der Waals surface area contributed by atoms with Crippen LogP contribution in [0.2, 0.25) is 0 Å². The molecule has 106 valence electrons. The van der Waals surface area contributed by atoms with E-state index in [1.807, 2.05) is 30.3 Å². The van der Waals surface area contributed by atoms with Crippen molar-refractivity contribution in [1.29, 1.82) is 0 Å². The topological polar surface area (TPSA) is 55.1 Å². The van der Waals surface area contributed by atoms with Gasteiger partial charge in [-0.3, -0.25) is 10.1 Å². The van der Waals surface area contributed by atoms with Crippen LogP contribution in [0.5, 0.6) is 0 Å². The van der Waals surface area contributed by atoms with E-state index in [0.29, 0.717) is 0 Å². The van der Waals surface area contributed by atoms with Gasteiger partial charge in [0.25, 0.3) is 0 Å². The molecule has 3 nitrogen and oxygen atoms in total. The fraction of sp³-hybridized carbons (Fsp3) is 0.462. The summed E-state index contributed by atoms with van der Waals surface area (Å²) >= 11 is 0. The SMILES string of the molecule is C[C@@H](N[C@@H](CCC(F)(F)F)C(N)=O)c1ccccc1. The summed E-state index contributed by atoms with van der Waals surface area (Å²) in [6.07, 6.45) is -5.67. The number of nitrogens with one attached hydrogen (secondary N) is 1. The zero-order chi connectivity index (χ0) is 14.5. The largest absolute Gasteiger partial charge is 0.389 e. The highest BCUT2D eigenvalue weighted by atomic mass is 19.4. The number of rotatable bonds is 6. The highest BCUT2D eigenvalue weighted by Gasteiger charge is 2.30. The minimum atomic E-state index is -4.29. The van der Waals surface area contributed by atoms with Gasteiger partial charge in [-0.15, -0.1) is 0 Å². The molecule has 0 saturated carbocycles. The Hall–Kier alpha value is -1.56. The second-order valence-corrected chi connectivity index (χ2v) is 4.41. The van der Waals surface area contributed by atoms with E-state index < -0.39 is 24.5 Å². The average molecular weight is 274 g/mol. The van der Waals surface area contributed by atoms with Gasteiger partial charge in [-0.1, -0.05) is 30.3 Å². The normalized spacial score (nSPS) is 14.9. The van der Waals surface area contributed by atoms with E-state index in [1.165, 1.54) is 0 Å². The molecule has 0 unspecified atom stereocenters. The van der Waals surface area contributed by atoms with E-state index >= 15 is 0 Å². The lowest BCUT2D eigenvalue weighted by Crippen LogP contribution is -2.43. The zero-order valence-corrected chi connectivity index (χ0v) is 10.6. The Balaban J connectivity index is 2.61. The van der Waals surface area contributed by atoms with Crippen molar-refractivity contribution >= 4 is 5.91 Å².